The summed E-state index contributed by atoms with van der Waals surface area (Å²) in [5, 5.41) is 3.53. The van der Waals surface area contributed by atoms with Crippen molar-refractivity contribution in [2.24, 2.45) is 0 Å². The zero-order chi connectivity index (χ0) is 16.3. The molecule has 0 radical (unpaired) electrons. The molecule has 2 aromatic carbocycles. The second kappa shape index (κ2) is 5.14. The molecule has 5 nitrogen and oxygen atoms in total. The highest BCUT2D eigenvalue weighted by Crippen LogP contribution is 2.45. The summed E-state index contributed by atoms with van der Waals surface area (Å²) in [5.74, 6) is 1.53. The van der Waals surface area contributed by atoms with E-state index in [1.54, 1.807) is 0 Å². The predicted molar refractivity (Wildman–Crippen MR) is 92.3 cm³/mol. The van der Waals surface area contributed by atoms with Crippen LogP contribution in [0, 0.1) is 0 Å². The van der Waals surface area contributed by atoms with Crippen molar-refractivity contribution < 1.29 is 14.3 Å². The predicted octanol–water partition coefficient (Wildman–Crippen LogP) is 3.91. The van der Waals surface area contributed by atoms with Gasteiger partial charge in [-0.05, 0) is 37.1 Å². The Bertz CT molecular complexity index is 850. The highest BCUT2D eigenvalue weighted by molar-refractivity contribution is 9.10. The average Bonchev–Trinajstić information content (AvgIpc) is 3.32. The van der Waals surface area contributed by atoms with Gasteiger partial charge in [0.05, 0.1) is 5.56 Å². The van der Waals surface area contributed by atoms with Crippen LogP contribution in [0.2, 0.25) is 0 Å². The number of rotatable bonds is 2. The average molecular weight is 387 g/mol. The van der Waals surface area contributed by atoms with Gasteiger partial charge >= 0.3 is 0 Å². The van der Waals surface area contributed by atoms with E-state index in [9.17, 15) is 4.79 Å². The Hall–Kier alpha value is -2.21. The molecule has 1 saturated carbocycles. The van der Waals surface area contributed by atoms with Crippen LogP contribution in [0.5, 0.6) is 11.5 Å². The van der Waals surface area contributed by atoms with E-state index in [1.807, 2.05) is 41.3 Å². The van der Waals surface area contributed by atoms with Crippen molar-refractivity contribution in [3.63, 3.8) is 0 Å². The second-order valence-electron chi connectivity index (χ2n) is 6.26. The molecule has 1 aliphatic carbocycles. The number of hydrogen-bond acceptors (Lipinski definition) is 4. The van der Waals surface area contributed by atoms with Crippen LogP contribution in [0.15, 0.2) is 40.9 Å². The molecule has 3 aliphatic rings. The Kier molecular flexibility index (Phi) is 3.03. The van der Waals surface area contributed by atoms with Crippen molar-refractivity contribution in [3.05, 3.63) is 52.0 Å². The lowest BCUT2D eigenvalue weighted by Crippen LogP contribution is -2.44. The van der Waals surface area contributed by atoms with Gasteiger partial charge in [-0.1, -0.05) is 28.1 Å². The van der Waals surface area contributed by atoms with E-state index < -0.39 is 0 Å². The molecule has 6 heteroatoms. The minimum atomic E-state index is -0.219. The van der Waals surface area contributed by atoms with Crippen LogP contribution in [-0.2, 0) is 0 Å². The molecular weight excluding hydrogens is 372 g/mol. The van der Waals surface area contributed by atoms with E-state index in [-0.39, 0.29) is 18.9 Å². The quantitative estimate of drug-likeness (QED) is 0.849. The normalized spacial score (nSPS) is 21.5. The maximum atomic E-state index is 13.0. The first kappa shape index (κ1) is 14.2. The Labute approximate surface area is 147 Å². The molecule has 5 rings (SSSR count). The lowest BCUT2D eigenvalue weighted by Gasteiger charge is -2.38. The van der Waals surface area contributed by atoms with Crippen LogP contribution >= 0.6 is 15.9 Å². The van der Waals surface area contributed by atoms with Crippen molar-refractivity contribution >= 4 is 27.5 Å². The zero-order valence-electron chi connectivity index (χ0n) is 12.8. The van der Waals surface area contributed by atoms with Crippen LogP contribution in [0.1, 0.15) is 34.9 Å². The third kappa shape index (κ3) is 2.09. The standard InChI is InChI=1S/C18H15BrN2O3/c19-13-8-16-15(23-9-24-16)7-12(13)17-20-14-4-2-1-3-11(14)18(22)21(17)10-5-6-10/h1-4,7-8,10,17,20H,5-6,9H2. The highest BCUT2D eigenvalue weighted by atomic mass is 79.9. The Morgan fingerprint density at radius 1 is 1.12 bits per heavy atom. The molecule has 0 spiro atoms. The molecule has 1 fully saturated rings. The molecule has 2 aromatic rings. The van der Waals surface area contributed by atoms with Gasteiger partial charge in [-0.3, -0.25) is 4.79 Å². The van der Waals surface area contributed by atoms with Crippen molar-refractivity contribution in [1.29, 1.82) is 0 Å². The minimum absolute atomic E-state index is 0.0846. The van der Waals surface area contributed by atoms with Crippen molar-refractivity contribution in [2.75, 3.05) is 12.1 Å². The van der Waals surface area contributed by atoms with E-state index in [0.29, 0.717) is 6.04 Å². The van der Waals surface area contributed by atoms with E-state index in [4.69, 9.17) is 9.47 Å². The summed E-state index contributed by atoms with van der Waals surface area (Å²) in [7, 11) is 0. The van der Waals surface area contributed by atoms with Gasteiger partial charge in [0.15, 0.2) is 11.5 Å². The van der Waals surface area contributed by atoms with Gasteiger partial charge < -0.3 is 19.7 Å². The SMILES string of the molecule is O=C1c2ccccc2NC(c2cc3c(cc2Br)OCO3)N1C1CC1. The Balaban J connectivity index is 1.63. The molecule has 0 bridgehead atoms. The number of para-hydroxylation sites is 1. The fourth-order valence-electron chi connectivity index (χ4n) is 3.37. The first-order chi connectivity index (χ1) is 11.7. The first-order valence-electron chi connectivity index (χ1n) is 7.99. The van der Waals surface area contributed by atoms with E-state index >= 15 is 0 Å². The number of carbonyl (C=O) groups excluding carboxylic acids is 1. The van der Waals surface area contributed by atoms with Crippen LogP contribution in [-0.4, -0.2) is 23.6 Å². The van der Waals surface area contributed by atoms with Crippen molar-refractivity contribution in [3.8, 4) is 11.5 Å². The fraction of sp³-hybridized carbons (Fsp3) is 0.278. The summed E-state index contributed by atoms with van der Waals surface area (Å²) < 4.78 is 11.9. The van der Waals surface area contributed by atoms with Crippen LogP contribution < -0.4 is 14.8 Å². The van der Waals surface area contributed by atoms with Crippen LogP contribution in [0.3, 0.4) is 0 Å². The van der Waals surface area contributed by atoms with Gasteiger partial charge in [-0.25, -0.2) is 0 Å². The van der Waals surface area contributed by atoms with Gasteiger partial charge in [0.1, 0.15) is 6.17 Å². The first-order valence-corrected chi connectivity index (χ1v) is 8.79. The van der Waals surface area contributed by atoms with Crippen molar-refractivity contribution in [1.82, 2.24) is 4.90 Å². The molecule has 0 aromatic heterocycles. The molecule has 122 valence electrons. The molecule has 1 N–H and O–H groups in total. The summed E-state index contributed by atoms with van der Waals surface area (Å²) in [6.07, 6.45) is 1.88. The Morgan fingerprint density at radius 2 is 1.88 bits per heavy atom. The number of amides is 1. The summed E-state index contributed by atoms with van der Waals surface area (Å²) >= 11 is 3.63. The smallest absolute Gasteiger partial charge is 0.258 e. The number of benzene rings is 2. The largest absolute Gasteiger partial charge is 0.454 e. The second-order valence-corrected chi connectivity index (χ2v) is 7.12. The van der Waals surface area contributed by atoms with Gasteiger partial charge in [-0.2, -0.15) is 0 Å². The fourth-order valence-corrected chi connectivity index (χ4v) is 3.91. The molecule has 2 heterocycles. The van der Waals surface area contributed by atoms with E-state index in [2.05, 4.69) is 21.2 Å². The van der Waals surface area contributed by atoms with E-state index in [1.165, 1.54) is 0 Å². The molecule has 0 saturated heterocycles. The number of hydrogen-bond donors (Lipinski definition) is 1. The van der Waals surface area contributed by atoms with Gasteiger partial charge in [0.2, 0.25) is 6.79 Å². The van der Waals surface area contributed by atoms with Gasteiger partial charge in [0.25, 0.3) is 5.91 Å². The van der Waals surface area contributed by atoms with Gasteiger partial charge in [-0.15, -0.1) is 0 Å². The van der Waals surface area contributed by atoms with E-state index in [0.717, 1.165) is 45.6 Å². The number of carbonyl (C=O) groups is 1. The summed E-state index contributed by atoms with van der Waals surface area (Å²) in [5.41, 5.74) is 2.58. The number of fused-ring (bicyclic) bond motifs is 2. The molecule has 1 amide bonds. The third-order valence-electron chi connectivity index (χ3n) is 4.69. The number of nitrogens with one attached hydrogen (secondary N) is 1. The summed E-state index contributed by atoms with van der Waals surface area (Å²) in [6.45, 7) is 0.234. The minimum Gasteiger partial charge on any atom is -0.454 e. The van der Waals surface area contributed by atoms with Crippen LogP contribution in [0.4, 0.5) is 5.69 Å². The topological polar surface area (TPSA) is 50.8 Å². The maximum absolute atomic E-state index is 13.0. The number of ether oxygens (including phenoxy) is 2. The summed E-state index contributed by atoms with van der Waals surface area (Å²) in [4.78, 5) is 15.0. The number of nitrogens with zero attached hydrogens (tertiary/aromatic N) is 1. The maximum Gasteiger partial charge on any atom is 0.258 e. The monoisotopic (exact) mass is 386 g/mol. The molecule has 1 unspecified atom stereocenters. The lowest BCUT2D eigenvalue weighted by molar-refractivity contribution is 0.0665. The molecule has 1 atom stereocenters. The molecule has 2 aliphatic heterocycles. The third-order valence-corrected chi connectivity index (χ3v) is 5.38. The molecular formula is C18H15BrN2O3. The zero-order valence-corrected chi connectivity index (χ0v) is 14.4. The summed E-state index contributed by atoms with van der Waals surface area (Å²) in [6, 6.07) is 11.8. The number of anilines is 1. The molecule has 24 heavy (non-hydrogen) atoms. The van der Waals surface area contributed by atoms with Crippen molar-refractivity contribution in [2.45, 2.75) is 25.0 Å². The number of halogens is 1. The lowest BCUT2D eigenvalue weighted by atomic mass is 10.0. The Morgan fingerprint density at radius 3 is 2.67 bits per heavy atom. The highest BCUT2D eigenvalue weighted by Gasteiger charge is 2.42. The van der Waals surface area contributed by atoms with Crippen LogP contribution in [0.25, 0.3) is 0 Å². The van der Waals surface area contributed by atoms with Gasteiger partial charge in [0, 0.05) is 21.8 Å².